The van der Waals surface area contributed by atoms with Gasteiger partial charge in [0, 0.05) is 11.3 Å². The van der Waals surface area contributed by atoms with E-state index in [4.69, 9.17) is 4.74 Å². The highest BCUT2D eigenvalue weighted by atomic mass is 19.1. The number of benzene rings is 2. The Labute approximate surface area is 144 Å². The third-order valence-corrected chi connectivity index (χ3v) is 3.18. The summed E-state index contributed by atoms with van der Waals surface area (Å²) in [4.78, 5) is 35.0. The van der Waals surface area contributed by atoms with Crippen LogP contribution in [0.4, 0.5) is 10.1 Å². The number of carbonyl (C=O) groups is 3. The second kappa shape index (κ2) is 8.58. The molecule has 6 nitrogen and oxygen atoms in total. The minimum absolute atomic E-state index is 0.258. The maximum absolute atomic E-state index is 13.0. The molecule has 0 atom stereocenters. The number of amides is 2. The van der Waals surface area contributed by atoms with E-state index >= 15 is 0 Å². The van der Waals surface area contributed by atoms with Gasteiger partial charge in [-0.2, -0.15) is 0 Å². The van der Waals surface area contributed by atoms with Crippen molar-refractivity contribution in [3.63, 3.8) is 0 Å². The zero-order chi connectivity index (χ0) is 18.2. The summed E-state index contributed by atoms with van der Waals surface area (Å²) in [5.74, 6) is -2.27. The van der Waals surface area contributed by atoms with Gasteiger partial charge in [0.05, 0.1) is 0 Å². The number of halogens is 1. The lowest BCUT2D eigenvalue weighted by Gasteiger charge is -2.08. The summed E-state index contributed by atoms with van der Waals surface area (Å²) in [5.41, 5.74) is 1.69. The monoisotopic (exact) mass is 344 g/mol. The van der Waals surface area contributed by atoms with Crippen molar-refractivity contribution in [1.29, 1.82) is 0 Å². The molecule has 0 aromatic heterocycles. The van der Waals surface area contributed by atoms with Crippen LogP contribution in [0.2, 0.25) is 0 Å². The molecule has 130 valence electrons. The average molecular weight is 344 g/mol. The fourth-order valence-corrected chi connectivity index (χ4v) is 1.92. The summed E-state index contributed by atoms with van der Waals surface area (Å²) in [5, 5.41) is 4.79. The van der Waals surface area contributed by atoms with Crippen molar-refractivity contribution in [2.24, 2.45) is 0 Å². The molecule has 25 heavy (non-hydrogen) atoms. The van der Waals surface area contributed by atoms with Gasteiger partial charge in [-0.1, -0.05) is 23.8 Å². The van der Waals surface area contributed by atoms with Gasteiger partial charge in [-0.3, -0.25) is 14.4 Å². The molecule has 2 amide bonds. The first-order chi connectivity index (χ1) is 11.9. The van der Waals surface area contributed by atoms with Gasteiger partial charge in [-0.25, -0.2) is 4.39 Å². The van der Waals surface area contributed by atoms with Crippen molar-refractivity contribution in [1.82, 2.24) is 5.32 Å². The smallest absolute Gasteiger partial charge is 0.325 e. The zero-order valence-electron chi connectivity index (χ0n) is 13.5. The van der Waals surface area contributed by atoms with Gasteiger partial charge in [0.2, 0.25) is 0 Å². The van der Waals surface area contributed by atoms with Crippen LogP contribution in [0.5, 0.6) is 0 Å². The predicted octanol–water partition coefficient (Wildman–Crippen LogP) is 2.05. The summed E-state index contributed by atoms with van der Waals surface area (Å²) >= 11 is 0. The van der Waals surface area contributed by atoms with E-state index in [-0.39, 0.29) is 12.2 Å². The molecule has 2 N–H and O–H groups in total. The van der Waals surface area contributed by atoms with E-state index < -0.39 is 30.2 Å². The summed E-state index contributed by atoms with van der Waals surface area (Å²) in [6, 6.07) is 12.2. The lowest BCUT2D eigenvalue weighted by atomic mass is 10.1. The van der Waals surface area contributed by atoms with E-state index in [2.05, 4.69) is 10.6 Å². The van der Waals surface area contributed by atoms with E-state index in [0.717, 1.165) is 11.6 Å². The van der Waals surface area contributed by atoms with Crippen LogP contribution in [0.3, 0.4) is 0 Å². The number of rotatable bonds is 6. The summed E-state index contributed by atoms with van der Waals surface area (Å²) in [6.07, 6.45) is 0. The molecular formula is C18H17FN2O4. The number of hydrogen-bond donors (Lipinski definition) is 2. The molecule has 7 heteroatoms. The number of anilines is 1. The molecule has 0 saturated heterocycles. The lowest BCUT2D eigenvalue weighted by molar-refractivity contribution is -0.146. The molecule has 0 saturated carbocycles. The maximum atomic E-state index is 13.0. The van der Waals surface area contributed by atoms with Crippen molar-refractivity contribution in [2.45, 2.75) is 6.92 Å². The summed E-state index contributed by atoms with van der Waals surface area (Å²) in [6.45, 7) is 1.00. The Bertz CT molecular complexity index is 775. The van der Waals surface area contributed by atoms with E-state index in [1.165, 1.54) is 18.2 Å². The van der Waals surface area contributed by atoms with Gasteiger partial charge in [-0.15, -0.1) is 0 Å². The summed E-state index contributed by atoms with van der Waals surface area (Å²) < 4.78 is 17.7. The largest absolute Gasteiger partial charge is 0.454 e. The van der Waals surface area contributed by atoms with Crippen molar-refractivity contribution in [3.05, 3.63) is 65.5 Å². The standard InChI is InChI=1S/C18H17FN2O4/c1-12-5-7-13(8-6-12)18(24)20-10-17(23)25-11-16(22)21-15-4-2-3-14(19)9-15/h2-9H,10-11H2,1H3,(H,20,24)(H,21,22). The van der Waals surface area contributed by atoms with Crippen molar-refractivity contribution < 1.29 is 23.5 Å². The summed E-state index contributed by atoms with van der Waals surface area (Å²) in [7, 11) is 0. The Balaban J connectivity index is 1.72. The van der Waals surface area contributed by atoms with Gasteiger partial charge >= 0.3 is 5.97 Å². The maximum Gasteiger partial charge on any atom is 0.325 e. The number of carbonyl (C=O) groups excluding carboxylic acids is 3. The number of hydrogen-bond acceptors (Lipinski definition) is 4. The Morgan fingerprint density at radius 2 is 1.80 bits per heavy atom. The number of esters is 1. The molecule has 0 bridgehead atoms. The zero-order valence-corrected chi connectivity index (χ0v) is 13.5. The second-order valence-electron chi connectivity index (χ2n) is 5.27. The topological polar surface area (TPSA) is 84.5 Å². The van der Waals surface area contributed by atoms with Crippen LogP contribution in [0, 0.1) is 12.7 Å². The van der Waals surface area contributed by atoms with Crippen LogP contribution in [-0.4, -0.2) is 30.9 Å². The predicted molar refractivity (Wildman–Crippen MR) is 89.5 cm³/mol. The fraction of sp³-hybridized carbons (Fsp3) is 0.167. The number of ether oxygens (including phenoxy) is 1. The first-order valence-corrected chi connectivity index (χ1v) is 7.50. The lowest BCUT2D eigenvalue weighted by Crippen LogP contribution is -2.32. The Kier molecular flexibility index (Phi) is 6.22. The Morgan fingerprint density at radius 3 is 2.48 bits per heavy atom. The molecule has 0 aliphatic carbocycles. The molecular weight excluding hydrogens is 327 g/mol. The molecule has 0 fully saturated rings. The molecule has 2 aromatic rings. The highest BCUT2D eigenvalue weighted by Crippen LogP contribution is 2.08. The first-order valence-electron chi connectivity index (χ1n) is 7.50. The van der Waals surface area contributed by atoms with Gasteiger partial charge < -0.3 is 15.4 Å². The average Bonchev–Trinajstić information content (AvgIpc) is 2.58. The normalized spacial score (nSPS) is 10.0. The van der Waals surface area contributed by atoms with Gasteiger partial charge in [0.25, 0.3) is 11.8 Å². The minimum atomic E-state index is -0.755. The van der Waals surface area contributed by atoms with Crippen LogP contribution in [0.1, 0.15) is 15.9 Å². The van der Waals surface area contributed by atoms with Crippen molar-refractivity contribution >= 4 is 23.5 Å². The van der Waals surface area contributed by atoms with Crippen molar-refractivity contribution in [2.75, 3.05) is 18.5 Å². The van der Waals surface area contributed by atoms with E-state index in [1.54, 1.807) is 24.3 Å². The van der Waals surface area contributed by atoms with Crippen molar-refractivity contribution in [3.8, 4) is 0 Å². The Hall–Kier alpha value is -3.22. The molecule has 0 aliphatic rings. The van der Waals surface area contributed by atoms with Crippen LogP contribution >= 0.6 is 0 Å². The molecule has 0 unspecified atom stereocenters. The van der Waals surface area contributed by atoms with E-state index in [0.29, 0.717) is 5.56 Å². The molecule has 0 heterocycles. The third kappa shape index (κ3) is 6.06. The number of nitrogens with one attached hydrogen (secondary N) is 2. The fourth-order valence-electron chi connectivity index (χ4n) is 1.92. The minimum Gasteiger partial charge on any atom is -0.454 e. The molecule has 0 spiro atoms. The first kappa shape index (κ1) is 18.1. The quantitative estimate of drug-likeness (QED) is 0.786. The van der Waals surface area contributed by atoms with Gasteiger partial charge in [0.15, 0.2) is 6.61 Å². The third-order valence-electron chi connectivity index (χ3n) is 3.18. The van der Waals surface area contributed by atoms with Crippen LogP contribution in [-0.2, 0) is 14.3 Å². The van der Waals surface area contributed by atoms with E-state index in [1.807, 2.05) is 6.92 Å². The van der Waals surface area contributed by atoms with Crippen LogP contribution < -0.4 is 10.6 Å². The molecule has 2 rings (SSSR count). The van der Waals surface area contributed by atoms with E-state index in [9.17, 15) is 18.8 Å². The highest BCUT2D eigenvalue weighted by molar-refractivity contribution is 5.96. The van der Waals surface area contributed by atoms with Crippen LogP contribution in [0.25, 0.3) is 0 Å². The second-order valence-corrected chi connectivity index (χ2v) is 5.27. The molecule has 0 aliphatic heterocycles. The molecule has 0 radical (unpaired) electrons. The highest BCUT2D eigenvalue weighted by Gasteiger charge is 2.11. The SMILES string of the molecule is Cc1ccc(C(=O)NCC(=O)OCC(=O)Nc2cccc(F)c2)cc1. The Morgan fingerprint density at radius 1 is 1.08 bits per heavy atom. The molecule has 2 aromatic carbocycles. The number of aryl methyl sites for hydroxylation is 1. The van der Waals surface area contributed by atoms with Crippen LogP contribution in [0.15, 0.2) is 48.5 Å². The van der Waals surface area contributed by atoms with Gasteiger partial charge in [0.1, 0.15) is 12.4 Å². The van der Waals surface area contributed by atoms with Gasteiger partial charge in [-0.05, 0) is 37.3 Å².